The van der Waals surface area contributed by atoms with E-state index in [2.05, 4.69) is 6.92 Å². The molecule has 30 heavy (non-hydrogen) atoms. The van der Waals surface area contributed by atoms with E-state index < -0.39 is 10.0 Å². The lowest BCUT2D eigenvalue weighted by Gasteiger charge is -2.22. The number of phenols is 1. The Bertz CT molecular complexity index is 932. The number of rotatable bonds is 12. The molecule has 0 radical (unpaired) electrons. The Labute approximate surface area is 190 Å². The van der Waals surface area contributed by atoms with Crippen molar-refractivity contribution in [3.63, 3.8) is 0 Å². The maximum absolute atomic E-state index is 13.3. The van der Waals surface area contributed by atoms with E-state index >= 15 is 0 Å². The van der Waals surface area contributed by atoms with Gasteiger partial charge in [-0.3, -0.25) is 4.31 Å². The zero-order valence-electron chi connectivity index (χ0n) is 17.7. The van der Waals surface area contributed by atoms with Crippen molar-refractivity contribution >= 4 is 38.9 Å². The molecule has 0 aromatic heterocycles. The third kappa shape index (κ3) is 6.53. The quantitative estimate of drug-likeness (QED) is 0.332. The van der Waals surface area contributed by atoms with Gasteiger partial charge < -0.3 is 5.11 Å². The molecule has 0 unspecified atom stereocenters. The van der Waals surface area contributed by atoms with Crippen molar-refractivity contribution in [2.75, 3.05) is 11.4 Å². The third-order valence-electron chi connectivity index (χ3n) is 5.26. The van der Waals surface area contributed by atoms with Gasteiger partial charge in [0.1, 0.15) is 0 Å². The molecule has 7 heteroatoms. The highest BCUT2D eigenvalue weighted by Crippen LogP contribution is 2.39. The first kappa shape index (κ1) is 24.8. The number of anilines is 1. The molecule has 0 bridgehead atoms. The van der Waals surface area contributed by atoms with Crippen molar-refractivity contribution in [3.05, 3.63) is 52.0 Å². The largest absolute Gasteiger partial charge is 0.504 e. The summed E-state index contributed by atoms with van der Waals surface area (Å²) < 4.78 is 27.6. The van der Waals surface area contributed by atoms with Crippen LogP contribution in [0.5, 0.6) is 5.75 Å². The summed E-state index contributed by atoms with van der Waals surface area (Å²) in [5.41, 5.74) is 0.831. The molecule has 0 amide bonds. The van der Waals surface area contributed by atoms with Crippen molar-refractivity contribution in [3.8, 4) is 5.75 Å². The SMILES string of the molecule is CCCCCCCCCCc1ccccc1S(=O)(=O)N(C)c1cc(Cl)cc(Cl)c1O. The highest BCUT2D eigenvalue weighted by Gasteiger charge is 2.27. The van der Waals surface area contributed by atoms with Gasteiger partial charge in [0.15, 0.2) is 5.75 Å². The lowest BCUT2D eigenvalue weighted by Crippen LogP contribution is -2.27. The van der Waals surface area contributed by atoms with Crippen molar-refractivity contribution in [1.29, 1.82) is 0 Å². The Morgan fingerprint density at radius 3 is 2.20 bits per heavy atom. The summed E-state index contributed by atoms with van der Waals surface area (Å²) in [6.07, 6.45) is 10.2. The number of halogens is 2. The summed E-state index contributed by atoms with van der Waals surface area (Å²) >= 11 is 12.0. The van der Waals surface area contributed by atoms with Gasteiger partial charge in [-0.05, 0) is 36.6 Å². The van der Waals surface area contributed by atoms with Crippen LogP contribution in [0.25, 0.3) is 0 Å². The lowest BCUT2D eigenvalue weighted by molar-refractivity contribution is 0.476. The Morgan fingerprint density at radius 1 is 0.933 bits per heavy atom. The highest BCUT2D eigenvalue weighted by molar-refractivity contribution is 7.92. The zero-order valence-corrected chi connectivity index (χ0v) is 20.0. The van der Waals surface area contributed by atoms with E-state index in [0.717, 1.165) is 22.7 Å². The smallest absolute Gasteiger partial charge is 0.264 e. The van der Waals surface area contributed by atoms with Gasteiger partial charge in [-0.2, -0.15) is 0 Å². The molecular formula is C23H31Cl2NO3S. The van der Waals surface area contributed by atoms with Gasteiger partial charge in [-0.25, -0.2) is 8.42 Å². The first-order valence-corrected chi connectivity index (χ1v) is 12.7. The molecule has 2 aromatic rings. The monoisotopic (exact) mass is 471 g/mol. The predicted molar refractivity (Wildman–Crippen MR) is 126 cm³/mol. The molecule has 0 heterocycles. The van der Waals surface area contributed by atoms with E-state index in [-0.39, 0.29) is 26.4 Å². The van der Waals surface area contributed by atoms with Crippen LogP contribution in [0.4, 0.5) is 5.69 Å². The fraction of sp³-hybridized carbons (Fsp3) is 0.478. The minimum atomic E-state index is -3.88. The average molecular weight is 472 g/mol. The number of aromatic hydroxyl groups is 1. The molecule has 166 valence electrons. The second-order valence-corrected chi connectivity index (χ2v) is 10.3. The van der Waals surface area contributed by atoms with Crippen LogP contribution in [-0.2, 0) is 16.4 Å². The van der Waals surface area contributed by atoms with E-state index in [1.54, 1.807) is 12.1 Å². The summed E-state index contributed by atoms with van der Waals surface area (Å²) in [6.45, 7) is 2.21. The molecule has 0 aliphatic heterocycles. The number of aryl methyl sites for hydroxylation is 1. The number of hydrogen-bond acceptors (Lipinski definition) is 3. The molecule has 0 fully saturated rings. The summed E-state index contributed by atoms with van der Waals surface area (Å²) in [5.74, 6) is -0.312. The number of nitrogens with zero attached hydrogens (tertiary/aromatic N) is 1. The molecule has 0 aliphatic rings. The topological polar surface area (TPSA) is 57.6 Å². The third-order valence-corrected chi connectivity index (χ3v) is 7.64. The molecule has 4 nitrogen and oxygen atoms in total. The molecule has 0 aliphatic carbocycles. The molecule has 0 spiro atoms. The van der Waals surface area contributed by atoms with E-state index in [4.69, 9.17) is 23.2 Å². The summed E-state index contributed by atoms with van der Waals surface area (Å²) in [5, 5.41) is 10.5. The number of sulfonamides is 1. The molecule has 0 saturated carbocycles. The van der Waals surface area contributed by atoms with Gasteiger partial charge in [-0.15, -0.1) is 0 Å². The van der Waals surface area contributed by atoms with Gasteiger partial charge in [0.05, 0.1) is 15.6 Å². The normalized spacial score (nSPS) is 11.6. The van der Waals surface area contributed by atoms with Crippen LogP contribution in [-0.4, -0.2) is 20.6 Å². The van der Waals surface area contributed by atoms with Gasteiger partial charge >= 0.3 is 0 Å². The van der Waals surface area contributed by atoms with Crippen LogP contribution < -0.4 is 4.31 Å². The zero-order chi connectivity index (χ0) is 22.1. The van der Waals surface area contributed by atoms with Gasteiger partial charge in [0.2, 0.25) is 0 Å². The van der Waals surface area contributed by atoms with Crippen LogP contribution in [0.2, 0.25) is 10.0 Å². The molecule has 2 aromatic carbocycles. The Balaban J connectivity index is 2.10. The summed E-state index contributed by atoms with van der Waals surface area (Å²) in [7, 11) is -2.49. The highest BCUT2D eigenvalue weighted by atomic mass is 35.5. The van der Waals surface area contributed by atoms with Crippen LogP contribution in [0.15, 0.2) is 41.3 Å². The molecule has 1 N–H and O–H groups in total. The minimum Gasteiger partial charge on any atom is -0.504 e. The predicted octanol–water partition coefficient (Wildman–Crippen LogP) is 7.21. The minimum absolute atomic E-state index is 0.00627. The van der Waals surface area contributed by atoms with E-state index in [0.29, 0.717) is 6.42 Å². The molecule has 0 atom stereocenters. The molecular weight excluding hydrogens is 441 g/mol. The number of benzene rings is 2. The van der Waals surface area contributed by atoms with Crippen molar-refractivity contribution < 1.29 is 13.5 Å². The molecule has 2 rings (SSSR count). The molecule has 0 saturated heterocycles. The maximum atomic E-state index is 13.3. The van der Waals surface area contributed by atoms with E-state index in [9.17, 15) is 13.5 Å². The second-order valence-electron chi connectivity index (χ2n) is 7.56. The fourth-order valence-corrected chi connectivity index (χ4v) is 5.41. The average Bonchev–Trinajstić information content (AvgIpc) is 2.72. The Kier molecular flexibility index (Phi) is 9.79. The van der Waals surface area contributed by atoms with Gasteiger partial charge in [0.25, 0.3) is 10.0 Å². The number of hydrogen-bond donors (Lipinski definition) is 1. The number of unbranched alkanes of at least 4 members (excludes halogenated alkanes) is 7. The Hall–Kier alpha value is -1.43. The first-order chi connectivity index (χ1) is 14.3. The summed E-state index contributed by atoms with van der Waals surface area (Å²) in [6, 6.07) is 9.79. The maximum Gasteiger partial charge on any atom is 0.264 e. The van der Waals surface area contributed by atoms with E-state index in [1.807, 2.05) is 12.1 Å². The summed E-state index contributed by atoms with van der Waals surface area (Å²) in [4.78, 5) is 0.242. The van der Waals surface area contributed by atoms with Crippen LogP contribution in [0.1, 0.15) is 63.9 Å². The fourth-order valence-electron chi connectivity index (χ4n) is 3.48. The second kappa shape index (κ2) is 11.8. The Morgan fingerprint density at radius 2 is 1.53 bits per heavy atom. The van der Waals surface area contributed by atoms with Crippen LogP contribution >= 0.6 is 23.2 Å². The van der Waals surface area contributed by atoms with Gasteiger partial charge in [-0.1, -0.05) is 93.3 Å². The van der Waals surface area contributed by atoms with Crippen LogP contribution in [0, 0.1) is 0 Å². The number of phenolic OH excluding ortho intramolecular Hbond substituents is 1. The lowest BCUT2D eigenvalue weighted by atomic mass is 10.0. The van der Waals surface area contributed by atoms with Crippen LogP contribution in [0.3, 0.4) is 0 Å². The van der Waals surface area contributed by atoms with Gasteiger partial charge in [0, 0.05) is 12.1 Å². The van der Waals surface area contributed by atoms with Crippen molar-refractivity contribution in [2.45, 2.75) is 69.6 Å². The van der Waals surface area contributed by atoms with E-state index in [1.165, 1.54) is 57.7 Å². The van der Waals surface area contributed by atoms with Crippen molar-refractivity contribution in [1.82, 2.24) is 0 Å². The first-order valence-electron chi connectivity index (χ1n) is 10.5. The van der Waals surface area contributed by atoms with Crippen molar-refractivity contribution in [2.24, 2.45) is 0 Å². The standard InChI is InChI=1S/C23H31Cl2NO3S/c1-3-4-5-6-7-8-9-10-13-18-14-11-12-15-22(18)30(28,29)26(2)21-17-19(24)16-20(25)23(21)27/h11-12,14-17,27H,3-10,13H2,1-2H3.